The van der Waals surface area contributed by atoms with Crippen molar-refractivity contribution in [3.8, 4) is 0 Å². The minimum atomic E-state index is 0.768. The number of hydrogen-bond donors (Lipinski definition) is 0. The van der Waals surface area contributed by atoms with Gasteiger partial charge < -0.3 is 0 Å². The van der Waals surface area contributed by atoms with Gasteiger partial charge in [-0.1, -0.05) is 0 Å². The largest absolute Gasteiger partial charge is 0.162 e. The predicted octanol–water partition coefficient (Wildman–Crippen LogP) is 1.76. The Bertz CT molecular complexity index is 65.3. The van der Waals surface area contributed by atoms with Gasteiger partial charge in [-0.25, -0.2) is 0 Å². The average molecular weight is 163 g/mol. The topological polar surface area (TPSA) is 0 Å². The molecule has 9 heavy (non-hydrogen) atoms. The van der Waals surface area contributed by atoms with Crippen LogP contribution in [0.15, 0.2) is 0 Å². The Balaban J connectivity index is 2.12. The lowest BCUT2D eigenvalue weighted by Crippen LogP contribution is -2.13. The summed E-state index contributed by atoms with van der Waals surface area (Å²) in [7, 11) is 0.768. The van der Waals surface area contributed by atoms with Crippen molar-refractivity contribution >= 4 is 22.7 Å². The molecule has 0 amide bonds. The zero-order valence-electron chi connectivity index (χ0n) is 6.06. The van der Waals surface area contributed by atoms with Crippen LogP contribution in [0, 0.1) is 0 Å². The Labute approximate surface area is 65.1 Å². The zero-order chi connectivity index (χ0) is 6.53. The molecule has 0 spiro atoms. The highest BCUT2D eigenvalue weighted by molar-refractivity contribution is 7.99. The second-order valence-electron chi connectivity index (χ2n) is 2.51. The van der Waals surface area contributed by atoms with Gasteiger partial charge in [0.1, 0.15) is 11.5 Å². The van der Waals surface area contributed by atoms with Crippen molar-refractivity contribution in [3.63, 3.8) is 0 Å². The average Bonchev–Trinajstić information content (AvgIpc) is 1.79. The lowest BCUT2D eigenvalue weighted by Gasteiger charge is -2.07. The maximum absolute atomic E-state index is 2.41. The molecule has 0 saturated carbocycles. The summed E-state index contributed by atoms with van der Waals surface area (Å²) in [6.45, 7) is 0. The summed E-state index contributed by atoms with van der Waals surface area (Å²) >= 11 is 2.14. The smallest absolute Gasteiger partial charge is 0.108 e. The van der Waals surface area contributed by atoms with Gasteiger partial charge in [0.05, 0.1) is 6.26 Å². The van der Waals surface area contributed by atoms with Gasteiger partial charge >= 0.3 is 0 Å². The first-order valence-corrected chi connectivity index (χ1v) is 6.69. The Morgan fingerprint density at radius 2 is 1.67 bits per heavy atom. The van der Waals surface area contributed by atoms with Gasteiger partial charge in [0.2, 0.25) is 0 Å². The summed E-state index contributed by atoms with van der Waals surface area (Å²) in [4.78, 5) is 0. The van der Waals surface area contributed by atoms with Crippen LogP contribution < -0.4 is 0 Å². The first-order chi connectivity index (χ1) is 4.39. The molecule has 0 N–H and O–H groups in total. The van der Waals surface area contributed by atoms with E-state index in [1.807, 2.05) is 0 Å². The van der Waals surface area contributed by atoms with E-state index in [1.54, 1.807) is 0 Å². The molecule has 1 heterocycles. The van der Waals surface area contributed by atoms with Crippen LogP contribution in [-0.2, 0) is 10.9 Å². The van der Waals surface area contributed by atoms with Crippen molar-refractivity contribution in [1.29, 1.82) is 0 Å². The molecule has 0 aromatic carbocycles. The molecule has 0 aliphatic carbocycles. The van der Waals surface area contributed by atoms with Crippen molar-refractivity contribution in [2.24, 2.45) is 0 Å². The fourth-order valence-electron chi connectivity index (χ4n) is 1.02. The minimum Gasteiger partial charge on any atom is -0.162 e. The van der Waals surface area contributed by atoms with Crippen LogP contribution in [0.3, 0.4) is 0 Å². The van der Waals surface area contributed by atoms with Crippen molar-refractivity contribution in [2.45, 2.75) is 12.8 Å². The first kappa shape index (κ1) is 7.80. The maximum atomic E-state index is 2.41. The standard InChI is InChI=1S/C7H15S2/c1-9-6-2-4-8-5-3-7-9/h2-7H2,1H3/q+1. The molecule has 1 aliphatic heterocycles. The van der Waals surface area contributed by atoms with E-state index >= 15 is 0 Å². The molecule has 1 aliphatic rings. The number of hydrogen-bond acceptors (Lipinski definition) is 1. The van der Waals surface area contributed by atoms with Crippen LogP contribution in [0.2, 0.25) is 0 Å². The fourth-order valence-corrected chi connectivity index (χ4v) is 3.76. The quantitative estimate of drug-likeness (QED) is 0.490. The molecule has 0 aromatic heterocycles. The Hall–Kier alpha value is 0.700. The van der Waals surface area contributed by atoms with E-state index in [-0.39, 0.29) is 0 Å². The van der Waals surface area contributed by atoms with Gasteiger partial charge in [-0.2, -0.15) is 11.8 Å². The van der Waals surface area contributed by atoms with E-state index < -0.39 is 0 Å². The van der Waals surface area contributed by atoms with Crippen molar-refractivity contribution in [2.75, 3.05) is 29.3 Å². The summed E-state index contributed by atoms with van der Waals surface area (Å²) in [5.41, 5.74) is 0. The monoisotopic (exact) mass is 163 g/mol. The molecule has 0 atom stereocenters. The molecule has 0 aromatic rings. The van der Waals surface area contributed by atoms with Crippen LogP contribution >= 0.6 is 11.8 Å². The van der Waals surface area contributed by atoms with Crippen LogP contribution in [0.1, 0.15) is 12.8 Å². The number of thioether (sulfide) groups is 1. The van der Waals surface area contributed by atoms with Crippen molar-refractivity contribution in [1.82, 2.24) is 0 Å². The van der Waals surface area contributed by atoms with Crippen LogP contribution in [0.5, 0.6) is 0 Å². The van der Waals surface area contributed by atoms with E-state index in [4.69, 9.17) is 0 Å². The Morgan fingerprint density at radius 3 is 2.22 bits per heavy atom. The van der Waals surface area contributed by atoms with Gasteiger partial charge in [0.15, 0.2) is 0 Å². The molecule has 1 fully saturated rings. The molecule has 0 radical (unpaired) electrons. The van der Waals surface area contributed by atoms with Gasteiger partial charge in [0.25, 0.3) is 0 Å². The molecular weight excluding hydrogens is 148 g/mol. The minimum absolute atomic E-state index is 0.768. The molecule has 1 rings (SSSR count). The normalized spacial score (nSPS) is 25.0. The molecule has 0 bridgehead atoms. The second-order valence-corrected chi connectivity index (χ2v) is 6.11. The molecule has 0 unspecified atom stereocenters. The van der Waals surface area contributed by atoms with Crippen molar-refractivity contribution in [3.05, 3.63) is 0 Å². The summed E-state index contributed by atoms with van der Waals surface area (Å²) in [5, 5.41) is 0. The SMILES string of the molecule is C[S+]1CCCSCCC1. The highest BCUT2D eigenvalue weighted by Crippen LogP contribution is 2.11. The van der Waals surface area contributed by atoms with Crippen molar-refractivity contribution < 1.29 is 0 Å². The second kappa shape index (κ2) is 4.51. The van der Waals surface area contributed by atoms with E-state index in [2.05, 4.69) is 18.0 Å². The highest BCUT2D eigenvalue weighted by Gasteiger charge is 2.11. The highest BCUT2D eigenvalue weighted by atomic mass is 32.2. The van der Waals surface area contributed by atoms with E-state index in [1.165, 1.54) is 35.9 Å². The van der Waals surface area contributed by atoms with Gasteiger partial charge in [-0.3, -0.25) is 0 Å². The predicted molar refractivity (Wildman–Crippen MR) is 49.6 cm³/mol. The molecule has 0 nitrogen and oxygen atoms in total. The third kappa shape index (κ3) is 3.41. The lowest BCUT2D eigenvalue weighted by molar-refractivity contribution is 1.05. The van der Waals surface area contributed by atoms with Crippen LogP contribution in [-0.4, -0.2) is 29.3 Å². The van der Waals surface area contributed by atoms with E-state index in [0.717, 1.165) is 10.9 Å². The van der Waals surface area contributed by atoms with Gasteiger partial charge in [-0.05, 0) is 22.4 Å². The maximum Gasteiger partial charge on any atom is 0.108 e. The molecular formula is C7H15S2+. The summed E-state index contributed by atoms with van der Waals surface area (Å²) in [6, 6.07) is 0. The van der Waals surface area contributed by atoms with E-state index in [9.17, 15) is 0 Å². The Kier molecular flexibility index (Phi) is 3.91. The third-order valence-corrected chi connectivity index (χ3v) is 4.69. The molecule has 2 heteroatoms. The third-order valence-electron chi connectivity index (χ3n) is 1.56. The molecule has 54 valence electrons. The van der Waals surface area contributed by atoms with E-state index in [0.29, 0.717) is 0 Å². The lowest BCUT2D eigenvalue weighted by atomic mass is 10.5. The summed E-state index contributed by atoms with van der Waals surface area (Å²) in [6.07, 6.45) is 5.34. The molecule has 1 saturated heterocycles. The Morgan fingerprint density at radius 1 is 1.11 bits per heavy atom. The number of rotatable bonds is 0. The summed E-state index contributed by atoms with van der Waals surface area (Å²) < 4.78 is 0. The van der Waals surface area contributed by atoms with Gasteiger partial charge in [0, 0.05) is 12.8 Å². The fraction of sp³-hybridized carbons (Fsp3) is 1.00. The van der Waals surface area contributed by atoms with Gasteiger partial charge in [-0.15, -0.1) is 0 Å². The van der Waals surface area contributed by atoms with Crippen LogP contribution in [0.4, 0.5) is 0 Å². The summed E-state index contributed by atoms with van der Waals surface area (Å²) in [5.74, 6) is 5.81. The zero-order valence-corrected chi connectivity index (χ0v) is 7.69. The van der Waals surface area contributed by atoms with Crippen LogP contribution in [0.25, 0.3) is 0 Å². The first-order valence-electron chi connectivity index (χ1n) is 3.56.